The molecular formula is C11H17IN2O2S. The van der Waals surface area contributed by atoms with Gasteiger partial charge in [-0.15, -0.1) is 0 Å². The molecule has 4 nitrogen and oxygen atoms in total. The van der Waals surface area contributed by atoms with E-state index in [1.54, 1.807) is 6.07 Å². The summed E-state index contributed by atoms with van der Waals surface area (Å²) in [5, 5.41) is 3.10. The predicted molar refractivity (Wildman–Crippen MR) is 79.7 cm³/mol. The van der Waals surface area contributed by atoms with E-state index in [0.29, 0.717) is 12.1 Å². The van der Waals surface area contributed by atoms with E-state index in [1.807, 2.05) is 25.1 Å². The minimum atomic E-state index is -3.23. The van der Waals surface area contributed by atoms with Crippen molar-refractivity contribution in [2.24, 2.45) is 0 Å². The number of rotatable bonds is 7. The Hall–Kier alpha value is -0.340. The summed E-state index contributed by atoms with van der Waals surface area (Å²) in [5.74, 6) is 0.144. The van der Waals surface area contributed by atoms with Crippen LogP contribution in [0.25, 0.3) is 0 Å². The lowest BCUT2D eigenvalue weighted by molar-refractivity contribution is 0.595. The van der Waals surface area contributed by atoms with Crippen molar-refractivity contribution in [2.75, 3.05) is 23.6 Å². The first-order valence-electron chi connectivity index (χ1n) is 5.51. The fourth-order valence-corrected chi connectivity index (χ4v) is 3.17. The summed E-state index contributed by atoms with van der Waals surface area (Å²) in [6.45, 7) is 3.59. The van der Waals surface area contributed by atoms with E-state index in [1.165, 1.54) is 0 Å². The highest BCUT2D eigenvalue weighted by Gasteiger charge is 2.11. The lowest BCUT2D eigenvalue weighted by atomic mass is 10.3. The molecule has 0 aliphatic carbocycles. The minimum absolute atomic E-state index is 0.144. The van der Waals surface area contributed by atoms with Crippen LogP contribution in [0.5, 0.6) is 0 Å². The van der Waals surface area contributed by atoms with E-state index in [2.05, 4.69) is 32.6 Å². The van der Waals surface area contributed by atoms with Crippen LogP contribution in [-0.2, 0) is 10.0 Å². The molecule has 0 unspecified atom stereocenters. The summed E-state index contributed by atoms with van der Waals surface area (Å²) in [5.41, 5.74) is 0.650. The Morgan fingerprint density at radius 3 is 2.65 bits per heavy atom. The predicted octanol–water partition coefficient (Wildman–Crippen LogP) is 2.03. The lowest BCUT2D eigenvalue weighted by Crippen LogP contribution is -2.22. The molecule has 0 fully saturated rings. The van der Waals surface area contributed by atoms with Gasteiger partial charge in [0.15, 0.2) is 0 Å². The zero-order valence-corrected chi connectivity index (χ0v) is 12.7. The van der Waals surface area contributed by atoms with Gasteiger partial charge in [-0.05, 0) is 54.2 Å². The van der Waals surface area contributed by atoms with Crippen LogP contribution in [-0.4, -0.2) is 27.3 Å². The third kappa shape index (κ3) is 5.69. The number of hydrogen-bond donors (Lipinski definition) is 2. The van der Waals surface area contributed by atoms with Crippen molar-refractivity contribution >= 4 is 38.3 Å². The molecule has 0 saturated heterocycles. The molecule has 0 bridgehead atoms. The second kappa shape index (κ2) is 7.17. The maximum absolute atomic E-state index is 11.8. The molecular weight excluding hydrogens is 351 g/mol. The Morgan fingerprint density at radius 1 is 1.29 bits per heavy atom. The van der Waals surface area contributed by atoms with Crippen LogP contribution in [0, 0.1) is 3.57 Å². The molecule has 0 aromatic heterocycles. The van der Waals surface area contributed by atoms with Gasteiger partial charge in [0, 0.05) is 3.57 Å². The largest absolute Gasteiger partial charge is 0.317 e. The molecule has 6 heteroatoms. The van der Waals surface area contributed by atoms with Crippen LogP contribution in [0.3, 0.4) is 0 Å². The van der Waals surface area contributed by atoms with Gasteiger partial charge in [-0.1, -0.05) is 19.1 Å². The fraction of sp³-hybridized carbons (Fsp3) is 0.455. The van der Waals surface area contributed by atoms with Gasteiger partial charge in [-0.2, -0.15) is 0 Å². The van der Waals surface area contributed by atoms with E-state index in [-0.39, 0.29) is 5.75 Å². The van der Waals surface area contributed by atoms with E-state index in [9.17, 15) is 8.42 Å². The smallest absolute Gasteiger partial charge is 0.232 e. The van der Waals surface area contributed by atoms with Gasteiger partial charge in [0.05, 0.1) is 11.4 Å². The van der Waals surface area contributed by atoms with Crippen molar-refractivity contribution in [3.8, 4) is 0 Å². The van der Waals surface area contributed by atoms with Gasteiger partial charge in [-0.3, -0.25) is 4.72 Å². The minimum Gasteiger partial charge on any atom is -0.317 e. The maximum atomic E-state index is 11.8. The SMILES string of the molecule is CCNCCCS(=O)(=O)Nc1ccccc1I. The molecule has 0 aliphatic rings. The zero-order chi connectivity index (χ0) is 12.7. The molecule has 17 heavy (non-hydrogen) atoms. The molecule has 1 rings (SSSR count). The molecule has 0 amide bonds. The summed E-state index contributed by atoms with van der Waals surface area (Å²) in [4.78, 5) is 0. The topological polar surface area (TPSA) is 58.2 Å². The Bertz CT molecular complexity index is 449. The molecule has 0 spiro atoms. The molecule has 1 aromatic carbocycles. The number of nitrogens with one attached hydrogen (secondary N) is 2. The van der Waals surface area contributed by atoms with Crippen molar-refractivity contribution in [3.05, 3.63) is 27.8 Å². The van der Waals surface area contributed by atoms with Gasteiger partial charge in [0.1, 0.15) is 0 Å². The number of sulfonamides is 1. The molecule has 0 radical (unpaired) electrons. The molecule has 0 heterocycles. The van der Waals surface area contributed by atoms with Crippen molar-refractivity contribution < 1.29 is 8.42 Å². The van der Waals surface area contributed by atoms with Crippen molar-refractivity contribution in [1.82, 2.24) is 5.32 Å². The molecule has 0 aliphatic heterocycles. The van der Waals surface area contributed by atoms with E-state index in [4.69, 9.17) is 0 Å². The van der Waals surface area contributed by atoms with Gasteiger partial charge in [0.25, 0.3) is 0 Å². The van der Waals surface area contributed by atoms with Crippen LogP contribution in [0.4, 0.5) is 5.69 Å². The molecule has 2 N–H and O–H groups in total. The standard InChI is InChI=1S/C11H17IN2O2S/c1-2-13-8-5-9-17(15,16)14-11-7-4-3-6-10(11)12/h3-4,6-7,13-14H,2,5,8-9H2,1H3. The van der Waals surface area contributed by atoms with E-state index < -0.39 is 10.0 Å². The van der Waals surface area contributed by atoms with Crippen molar-refractivity contribution in [3.63, 3.8) is 0 Å². The number of benzene rings is 1. The highest BCUT2D eigenvalue weighted by molar-refractivity contribution is 14.1. The van der Waals surface area contributed by atoms with Crippen LogP contribution < -0.4 is 10.0 Å². The third-order valence-electron chi connectivity index (χ3n) is 2.16. The van der Waals surface area contributed by atoms with Crippen LogP contribution in [0.15, 0.2) is 24.3 Å². The third-order valence-corrected chi connectivity index (χ3v) is 4.45. The average Bonchev–Trinajstić information content (AvgIpc) is 2.28. The molecule has 0 saturated carbocycles. The highest BCUT2D eigenvalue weighted by Crippen LogP contribution is 2.18. The molecule has 1 aromatic rings. The summed E-state index contributed by atoms with van der Waals surface area (Å²) in [6, 6.07) is 7.34. The van der Waals surface area contributed by atoms with Crippen molar-refractivity contribution in [1.29, 1.82) is 0 Å². The maximum Gasteiger partial charge on any atom is 0.232 e. The molecule has 96 valence electrons. The summed E-state index contributed by atoms with van der Waals surface area (Å²) < 4.78 is 27.0. The molecule has 0 atom stereocenters. The van der Waals surface area contributed by atoms with E-state index in [0.717, 1.165) is 16.7 Å². The van der Waals surface area contributed by atoms with Crippen LogP contribution >= 0.6 is 22.6 Å². The number of anilines is 1. The lowest BCUT2D eigenvalue weighted by Gasteiger charge is -2.09. The fourth-order valence-electron chi connectivity index (χ4n) is 1.33. The monoisotopic (exact) mass is 368 g/mol. The van der Waals surface area contributed by atoms with Crippen molar-refractivity contribution in [2.45, 2.75) is 13.3 Å². The normalized spacial score (nSPS) is 11.4. The first kappa shape index (κ1) is 14.7. The zero-order valence-electron chi connectivity index (χ0n) is 9.74. The summed E-state index contributed by atoms with van der Waals surface area (Å²) in [6.07, 6.45) is 0.618. The Kier molecular flexibility index (Phi) is 6.21. The van der Waals surface area contributed by atoms with Gasteiger partial charge < -0.3 is 5.32 Å². The first-order chi connectivity index (χ1) is 8.05. The highest BCUT2D eigenvalue weighted by atomic mass is 127. The quantitative estimate of drug-likeness (QED) is 0.572. The van der Waals surface area contributed by atoms with Gasteiger partial charge in [-0.25, -0.2) is 8.42 Å². The van der Waals surface area contributed by atoms with Gasteiger partial charge in [0.2, 0.25) is 10.0 Å². The number of hydrogen-bond acceptors (Lipinski definition) is 3. The van der Waals surface area contributed by atoms with Crippen LogP contribution in [0.2, 0.25) is 0 Å². The number of halogens is 1. The summed E-state index contributed by atoms with van der Waals surface area (Å²) >= 11 is 2.11. The Labute approximate surface area is 116 Å². The Balaban J connectivity index is 2.52. The summed E-state index contributed by atoms with van der Waals surface area (Å²) in [7, 11) is -3.23. The second-order valence-electron chi connectivity index (χ2n) is 3.61. The Morgan fingerprint density at radius 2 is 2.00 bits per heavy atom. The first-order valence-corrected chi connectivity index (χ1v) is 8.24. The van der Waals surface area contributed by atoms with Crippen LogP contribution in [0.1, 0.15) is 13.3 Å². The second-order valence-corrected chi connectivity index (χ2v) is 6.61. The average molecular weight is 368 g/mol. The van der Waals surface area contributed by atoms with E-state index >= 15 is 0 Å². The number of para-hydroxylation sites is 1. The van der Waals surface area contributed by atoms with Gasteiger partial charge >= 0.3 is 0 Å².